The van der Waals surface area contributed by atoms with Gasteiger partial charge in [-0.3, -0.25) is 0 Å². The molecule has 1 aromatic rings. The molecule has 1 aromatic heterocycles. The maximum Gasteiger partial charge on any atom is 0.218 e. The lowest BCUT2D eigenvalue weighted by Gasteiger charge is -2.29. The summed E-state index contributed by atoms with van der Waals surface area (Å²) in [4.78, 5) is 6.47. The van der Waals surface area contributed by atoms with Gasteiger partial charge in [-0.05, 0) is 0 Å². The molecule has 0 aliphatic carbocycles. The monoisotopic (exact) mass is 223 g/mol. The molecule has 0 atom stereocenters. The lowest BCUT2D eigenvalue weighted by atomic mass is 10.3. The van der Waals surface area contributed by atoms with Crippen molar-refractivity contribution in [3.05, 3.63) is 12.1 Å². The van der Waals surface area contributed by atoms with Crippen LogP contribution in [0.25, 0.3) is 0 Å². The van der Waals surface area contributed by atoms with E-state index in [0.29, 0.717) is 11.8 Å². The second kappa shape index (κ2) is 5.03. The zero-order valence-electron chi connectivity index (χ0n) is 9.69. The fraction of sp³-hybridized carbons (Fsp3) is 0.545. The molecule has 1 aliphatic heterocycles. The van der Waals surface area contributed by atoms with Crippen molar-refractivity contribution in [3.8, 4) is 11.8 Å². The highest BCUT2D eigenvalue weighted by Gasteiger charge is 2.13. The molecule has 5 nitrogen and oxygen atoms in total. The van der Waals surface area contributed by atoms with Crippen LogP contribution < -0.4 is 19.7 Å². The van der Waals surface area contributed by atoms with Crippen LogP contribution in [0.15, 0.2) is 12.1 Å². The second-order valence-corrected chi connectivity index (χ2v) is 3.65. The number of aromatic nitrogens is 1. The molecule has 16 heavy (non-hydrogen) atoms. The Hall–Kier alpha value is -1.49. The van der Waals surface area contributed by atoms with Gasteiger partial charge in [0.2, 0.25) is 11.8 Å². The predicted molar refractivity (Wildman–Crippen MR) is 62.4 cm³/mol. The summed E-state index contributed by atoms with van der Waals surface area (Å²) in [7, 11) is 3.23. The van der Waals surface area contributed by atoms with E-state index in [1.54, 1.807) is 14.2 Å². The summed E-state index contributed by atoms with van der Waals surface area (Å²) < 4.78 is 10.3. The first kappa shape index (κ1) is 11.0. The number of nitrogens with one attached hydrogen (secondary N) is 1. The maximum absolute atomic E-state index is 5.15. The number of rotatable bonds is 3. The summed E-state index contributed by atoms with van der Waals surface area (Å²) in [6.45, 7) is 4.01. The van der Waals surface area contributed by atoms with E-state index in [4.69, 9.17) is 9.47 Å². The minimum Gasteiger partial charge on any atom is -0.481 e. The first-order chi connectivity index (χ1) is 7.83. The summed E-state index contributed by atoms with van der Waals surface area (Å²) in [6, 6.07) is 3.88. The molecule has 1 saturated heterocycles. The third-order valence-corrected chi connectivity index (χ3v) is 2.66. The van der Waals surface area contributed by atoms with E-state index in [0.717, 1.165) is 31.9 Å². The normalized spacial score (nSPS) is 16.0. The van der Waals surface area contributed by atoms with Gasteiger partial charge >= 0.3 is 0 Å². The van der Waals surface area contributed by atoms with Gasteiger partial charge in [0.25, 0.3) is 0 Å². The average molecular weight is 223 g/mol. The summed E-state index contributed by atoms with van der Waals surface area (Å²) in [5, 5.41) is 3.32. The first-order valence-electron chi connectivity index (χ1n) is 5.39. The quantitative estimate of drug-likeness (QED) is 0.809. The predicted octanol–water partition coefficient (Wildman–Crippen LogP) is 0.508. The van der Waals surface area contributed by atoms with Crippen LogP contribution in [-0.4, -0.2) is 45.4 Å². The lowest BCUT2D eigenvalue weighted by Crippen LogP contribution is -2.43. The Bertz CT molecular complexity index is 329. The third kappa shape index (κ3) is 2.36. The van der Waals surface area contributed by atoms with Crippen LogP contribution in [0.3, 0.4) is 0 Å². The van der Waals surface area contributed by atoms with E-state index < -0.39 is 0 Å². The van der Waals surface area contributed by atoms with Crippen LogP contribution in [0, 0.1) is 0 Å². The van der Waals surface area contributed by atoms with E-state index in [-0.39, 0.29) is 0 Å². The molecule has 88 valence electrons. The molecule has 5 heteroatoms. The lowest BCUT2D eigenvalue weighted by molar-refractivity contribution is 0.364. The van der Waals surface area contributed by atoms with Gasteiger partial charge in [0.15, 0.2) is 0 Å². The van der Waals surface area contributed by atoms with Crippen molar-refractivity contribution in [3.63, 3.8) is 0 Å². The van der Waals surface area contributed by atoms with Crippen LogP contribution >= 0.6 is 0 Å². The fourth-order valence-electron chi connectivity index (χ4n) is 1.78. The van der Waals surface area contributed by atoms with Gasteiger partial charge in [0.05, 0.1) is 14.2 Å². The zero-order valence-corrected chi connectivity index (χ0v) is 9.69. The molecule has 1 fully saturated rings. The van der Waals surface area contributed by atoms with Gasteiger partial charge in [-0.2, -0.15) is 4.98 Å². The number of nitrogens with zero attached hydrogens (tertiary/aromatic N) is 2. The maximum atomic E-state index is 5.15. The Balaban J connectivity index is 2.24. The number of pyridine rings is 1. The van der Waals surface area contributed by atoms with E-state index in [2.05, 4.69) is 15.2 Å². The van der Waals surface area contributed by atoms with Crippen molar-refractivity contribution in [2.75, 3.05) is 45.3 Å². The Morgan fingerprint density at radius 1 is 1.12 bits per heavy atom. The summed E-state index contributed by atoms with van der Waals surface area (Å²) in [6.07, 6.45) is 0. The molecule has 0 bridgehead atoms. The highest BCUT2D eigenvalue weighted by molar-refractivity contribution is 5.52. The molecule has 0 aromatic carbocycles. The van der Waals surface area contributed by atoms with Gasteiger partial charge in [0, 0.05) is 44.0 Å². The van der Waals surface area contributed by atoms with Crippen LogP contribution in [0.1, 0.15) is 0 Å². The second-order valence-electron chi connectivity index (χ2n) is 3.65. The van der Waals surface area contributed by atoms with Crippen LogP contribution in [0.4, 0.5) is 5.69 Å². The largest absolute Gasteiger partial charge is 0.481 e. The number of piperazine rings is 1. The van der Waals surface area contributed by atoms with Gasteiger partial charge < -0.3 is 19.7 Å². The average Bonchev–Trinajstić information content (AvgIpc) is 2.39. The highest BCUT2D eigenvalue weighted by atomic mass is 16.5. The minimum absolute atomic E-state index is 0.591. The minimum atomic E-state index is 0.591. The zero-order chi connectivity index (χ0) is 11.4. The van der Waals surface area contributed by atoms with E-state index >= 15 is 0 Å². The van der Waals surface area contributed by atoms with Gasteiger partial charge in [-0.15, -0.1) is 0 Å². The summed E-state index contributed by atoms with van der Waals surface area (Å²) in [5.41, 5.74) is 1.10. The number of anilines is 1. The summed E-state index contributed by atoms with van der Waals surface area (Å²) >= 11 is 0. The Labute approximate surface area is 95.4 Å². The Kier molecular flexibility index (Phi) is 3.46. The fourth-order valence-corrected chi connectivity index (χ4v) is 1.78. The van der Waals surface area contributed by atoms with E-state index in [9.17, 15) is 0 Å². The van der Waals surface area contributed by atoms with Crippen LogP contribution in [0.2, 0.25) is 0 Å². The molecule has 2 rings (SSSR count). The first-order valence-corrected chi connectivity index (χ1v) is 5.39. The third-order valence-electron chi connectivity index (χ3n) is 2.66. The van der Waals surface area contributed by atoms with Gasteiger partial charge in [-0.1, -0.05) is 0 Å². The van der Waals surface area contributed by atoms with Crippen molar-refractivity contribution in [2.24, 2.45) is 0 Å². The van der Waals surface area contributed by atoms with E-state index in [1.165, 1.54) is 0 Å². The van der Waals surface area contributed by atoms with Crippen LogP contribution in [0.5, 0.6) is 11.8 Å². The molecule has 0 amide bonds. The Morgan fingerprint density at radius 2 is 1.69 bits per heavy atom. The molecule has 1 N–H and O–H groups in total. The molecule has 0 spiro atoms. The standard InChI is InChI=1S/C11H17N3O2/c1-15-10-7-9(8-11(13-10)16-2)14-5-3-12-4-6-14/h7-8,12H,3-6H2,1-2H3. The summed E-state index contributed by atoms with van der Waals surface area (Å²) in [5.74, 6) is 1.18. The molecule has 2 heterocycles. The smallest absolute Gasteiger partial charge is 0.218 e. The topological polar surface area (TPSA) is 46.6 Å². The molecular formula is C11H17N3O2. The van der Waals surface area contributed by atoms with Crippen LogP contribution in [-0.2, 0) is 0 Å². The van der Waals surface area contributed by atoms with Crippen molar-refractivity contribution in [2.45, 2.75) is 0 Å². The highest BCUT2D eigenvalue weighted by Crippen LogP contribution is 2.24. The molecular weight excluding hydrogens is 206 g/mol. The van der Waals surface area contributed by atoms with Gasteiger partial charge in [0.1, 0.15) is 0 Å². The van der Waals surface area contributed by atoms with E-state index in [1.807, 2.05) is 12.1 Å². The molecule has 1 aliphatic rings. The number of ether oxygens (including phenoxy) is 2. The SMILES string of the molecule is COc1cc(N2CCNCC2)cc(OC)n1. The number of hydrogen-bond donors (Lipinski definition) is 1. The Morgan fingerprint density at radius 3 is 2.19 bits per heavy atom. The van der Waals surface area contributed by atoms with Gasteiger partial charge in [-0.25, -0.2) is 0 Å². The van der Waals surface area contributed by atoms with Crippen molar-refractivity contribution in [1.29, 1.82) is 0 Å². The number of hydrogen-bond acceptors (Lipinski definition) is 5. The van der Waals surface area contributed by atoms with Crippen molar-refractivity contribution >= 4 is 5.69 Å². The molecule has 0 saturated carbocycles. The van der Waals surface area contributed by atoms with Crippen molar-refractivity contribution < 1.29 is 9.47 Å². The van der Waals surface area contributed by atoms with Crippen molar-refractivity contribution in [1.82, 2.24) is 10.3 Å². The molecule has 0 unspecified atom stereocenters. The molecule has 0 radical (unpaired) electrons. The number of methoxy groups -OCH3 is 2.